The van der Waals surface area contributed by atoms with Crippen molar-refractivity contribution in [1.29, 1.82) is 0 Å². The number of anilines is 5. The molecule has 10 aromatic carbocycles. The predicted octanol–water partition coefficient (Wildman–Crippen LogP) is 16.9. The second kappa shape index (κ2) is 17.0. The van der Waals surface area contributed by atoms with Crippen LogP contribution in [0.1, 0.15) is 13.3 Å². The normalized spacial score (nSPS) is 11.9. The van der Waals surface area contributed by atoms with E-state index >= 15 is 0 Å². The highest BCUT2D eigenvalue weighted by Crippen LogP contribution is 2.44. The SMILES string of the molecule is C=C/C=C(\C=C/CC)N(c1ccccc1)c1ccc(-c2ccc(N(c3ccccc3)c3ccc(-n4c(-c5ccccc5)nc5c6cccc7ccc8cccc(c8c76)c54)cc3)cc2)cc1. The summed E-state index contributed by atoms with van der Waals surface area (Å²) in [5.41, 5.74) is 13.0. The van der Waals surface area contributed by atoms with Crippen LogP contribution in [0.4, 0.5) is 28.4 Å². The van der Waals surface area contributed by atoms with E-state index < -0.39 is 0 Å². The summed E-state index contributed by atoms with van der Waals surface area (Å²) in [5.74, 6) is 0.920. The quantitative estimate of drug-likeness (QED) is 0.0905. The summed E-state index contributed by atoms with van der Waals surface area (Å²) < 4.78 is 2.36. The van der Waals surface area contributed by atoms with E-state index in [4.69, 9.17) is 4.98 Å². The molecule has 0 aliphatic rings. The Kier molecular flexibility index (Phi) is 10.3. The summed E-state index contributed by atoms with van der Waals surface area (Å²) >= 11 is 0. The molecule has 310 valence electrons. The lowest BCUT2D eigenvalue weighted by molar-refractivity contribution is 1.10. The summed E-state index contributed by atoms with van der Waals surface area (Å²) in [6, 6.07) is 76.0. The molecular weight excluding hydrogens is 789 g/mol. The average Bonchev–Trinajstić information content (AvgIpc) is 3.78. The monoisotopic (exact) mass is 834 g/mol. The third-order valence-corrected chi connectivity index (χ3v) is 12.4. The number of allylic oxidation sites excluding steroid dienone is 4. The Morgan fingerprint density at radius 3 is 1.62 bits per heavy atom. The van der Waals surface area contributed by atoms with Gasteiger partial charge in [-0.2, -0.15) is 0 Å². The minimum Gasteiger partial charge on any atom is -0.311 e. The van der Waals surface area contributed by atoms with Crippen LogP contribution in [0.15, 0.2) is 249 Å². The van der Waals surface area contributed by atoms with E-state index in [1.54, 1.807) is 0 Å². The molecule has 11 rings (SSSR count). The van der Waals surface area contributed by atoms with Crippen LogP contribution in [0.3, 0.4) is 0 Å². The predicted molar refractivity (Wildman–Crippen MR) is 277 cm³/mol. The molecule has 0 aliphatic heterocycles. The maximum Gasteiger partial charge on any atom is 0.145 e. The molecule has 0 atom stereocenters. The molecule has 4 heteroatoms. The van der Waals surface area contributed by atoms with Crippen molar-refractivity contribution in [1.82, 2.24) is 9.55 Å². The Bertz CT molecular complexity index is 3500. The van der Waals surface area contributed by atoms with E-state index in [-0.39, 0.29) is 0 Å². The van der Waals surface area contributed by atoms with Gasteiger partial charge in [0.25, 0.3) is 0 Å². The molecule has 65 heavy (non-hydrogen) atoms. The van der Waals surface area contributed by atoms with Gasteiger partial charge in [0, 0.05) is 56.2 Å². The molecule has 0 N–H and O–H groups in total. The number of nitrogens with zero attached hydrogens (tertiary/aromatic N) is 4. The van der Waals surface area contributed by atoms with Crippen molar-refractivity contribution in [2.75, 3.05) is 9.80 Å². The van der Waals surface area contributed by atoms with E-state index in [2.05, 4.69) is 258 Å². The molecule has 0 saturated heterocycles. The molecule has 1 heterocycles. The van der Waals surface area contributed by atoms with Crippen molar-refractivity contribution >= 4 is 71.8 Å². The van der Waals surface area contributed by atoms with Gasteiger partial charge in [0.05, 0.1) is 11.0 Å². The van der Waals surface area contributed by atoms with Crippen LogP contribution >= 0.6 is 0 Å². The fourth-order valence-corrected chi connectivity index (χ4v) is 9.41. The molecular formula is C61H46N4. The molecule has 4 nitrogen and oxygen atoms in total. The Morgan fingerprint density at radius 2 is 1.02 bits per heavy atom. The molecule has 0 bridgehead atoms. The summed E-state index contributed by atoms with van der Waals surface area (Å²) in [6.45, 7) is 6.16. The molecule has 0 radical (unpaired) electrons. The Morgan fingerprint density at radius 1 is 0.508 bits per heavy atom. The lowest BCUT2D eigenvalue weighted by atomic mass is 9.93. The zero-order chi connectivity index (χ0) is 43.7. The van der Waals surface area contributed by atoms with Crippen molar-refractivity contribution in [3.63, 3.8) is 0 Å². The lowest BCUT2D eigenvalue weighted by Gasteiger charge is -2.27. The van der Waals surface area contributed by atoms with Gasteiger partial charge in [-0.3, -0.25) is 4.57 Å². The van der Waals surface area contributed by atoms with Crippen LogP contribution < -0.4 is 9.80 Å². The maximum atomic E-state index is 5.49. The zero-order valence-corrected chi connectivity index (χ0v) is 36.2. The second-order valence-electron chi connectivity index (χ2n) is 16.3. The highest BCUT2D eigenvalue weighted by molar-refractivity contribution is 6.32. The number of aromatic nitrogens is 2. The number of imidazole rings is 1. The third kappa shape index (κ3) is 7.12. The minimum atomic E-state index is 0.920. The Balaban J connectivity index is 0.978. The molecule has 0 unspecified atom stereocenters. The Hall–Kier alpha value is -8.47. The average molecular weight is 835 g/mol. The van der Waals surface area contributed by atoms with Gasteiger partial charge in [-0.25, -0.2) is 4.98 Å². The van der Waals surface area contributed by atoms with Gasteiger partial charge in [-0.15, -0.1) is 0 Å². The first-order valence-electron chi connectivity index (χ1n) is 22.3. The van der Waals surface area contributed by atoms with Gasteiger partial charge in [-0.05, 0) is 124 Å². The van der Waals surface area contributed by atoms with Gasteiger partial charge in [0.15, 0.2) is 0 Å². The summed E-state index contributed by atoms with van der Waals surface area (Å²) in [5, 5.41) is 7.40. The fourth-order valence-electron chi connectivity index (χ4n) is 9.41. The van der Waals surface area contributed by atoms with E-state index in [0.29, 0.717) is 0 Å². The molecule has 0 fully saturated rings. The minimum absolute atomic E-state index is 0.920. The fraction of sp³-hybridized carbons (Fsp3) is 0.0328. The van der Waals surface area contributed by atoms with Gasteiger partial charge in [0.2, 0.25) is 0 Å². The molecule has 0 saturated carbocycles. The molecule has 1 aromatic heterocycles. The largest absolute Gasteiger partial charge is 0.311 e. The molecule has 11 aromatic rings. The Labute approximate surface area is 379 Å². The number of rotatable bonds is 12. The standard InChI is InChI=1S/C61H46N4/c1-3-5-22-48(17-4-2)63(49-23-11-7-12-24-49)51-35-31-43(32-36-51)44-33-37-52(38-34-44)64(50-25-13-8-14-26-50)53-39-41-54(42-40-53)65-60-56-28-16-21-46-30-29-45-20-15-27-55(57(45)58(46)56)59(60)62-61(65)47-18-9-6-10-19-47/h4-42H,2-3H2,1H3/b22-5-,48-17+. The maximum absolute atomic E-state index is 5.49. The van der Waals surface area contributed by atoms with Gasteiger partial charge < -0.3 is 9.80 Å². The number of hydrogen-bond donors (Lipinski definition) is 0. The van der Waals surface area contributed by atoms with E-state index in [0.717, 1.165) is 79.8 Å². The smallest absolute Gasteiger partial charge is 0.145 e. The first-order valence-corrected chi connectivity index (χ1v) is 22.3. The third-order valence-electron chi connectivity index (χ3n) is 12.4. The van der Waals surface area contributed by atoms with Crippen LogP contribution in [-0.4, -0.2) is 9.55 Å². The summed E-state index contributed by atoms with van der Waals surface area (Å²) in [4.78, 5) is 10.1. The zero-order valence-electron chi connectivity index (χ0n) is 36.2. The number of para-hydroxylation sites is 2. The lowest BCUT2D eigenvalue weighted by Crippen LogP contribution is -2.15. The number of hydrogen-bond acceptors (Lipinski definition) is 3. The summed E-state index contributed by atoms with van der Waals surface area (Å²) in [7, 11) is 0. The van der Waals surface area contributed by atoms with Crippen molar-refractivity contribution in [2.45, 2.75) is 13.3 Å². The van der Waals surface area contributed by atoms with Crippen LogP contribution in [0, 0.1) is 0 Å². The van der Waals surface area contributed by atoms with Crippen LogP contribution in [0.25, 0.3) is 71.6 Å². The van der Waals surface area contributed by atoms with Crippen molar-refractivity contribution in [3.8, 4) is 28.2 Å². The van der Waals surface area contributed by atoms with Gasteiger partial charge in [0.1, 0.15) is 5.82 Å². The van der Waals surface area contributed by atoms with Crippen LogP contribution in [0.2, 0.25) is 0 Å². The number of fused-ring (bicyclic) bond motifs is 3. The van der Waals surface area contributed by atoms with E-state index in [1.165, 1.54) is 32.3 Å². The van der Waals surface area contributed by atoms with E-state index in [1.807, 2.05) is 6.08 Å². The van der Waals surface area contributed by atoms with Gasteiger partial charge >= 0.3 is 0 Å². The molecule has 0 spiro atoms. The first kappa shape index (κ1) is 39.4. The van der Waals surface area contributed by atoms with Crippen molar-refractivity contribution < 1.29 is 0 Å². The first-order chi connectivity index (χ1) is 32.2. The highest BCUT2D eigenvalue weighted by Gasteiger charge is 2.23. The highest BCUT2D eigenvalue weighted by atomic mass is 15.2. The number of benzene rings is 10. The van der Waals surface area contributed by atoms with Gasteiger partial charge in [-0.1, -0.05) is 165 Å². The summed E-state index contributed by atoms with van der Waals surface area (Å²) in [6.07, 6.45) is 9.21. The molecule has 0 amide bonds. The van der Waals surface area contributed by atoms with Crippen LogP contribution in [-0.2, 0) is 0 Å². The van der Waals surface area contributed by atoms with E-state index in [9.17, 15) is 0 Å². The topological polar surface area (TPSA) is 24.3 Å². The molecule has 0 aliphatic carbocycles. The van der Waals surface area contributed by atoms with Crippen molar-refractivity contribution in [2.24, 2.45) is 0 Å². The second-order valence-corrected chi connectivity index (χ2v) is 16.3. The van der Waals surface area contributed by atoms with Crippen LogP contribution in [0.5, 0.6) is 0 Å². The van der Waals surface area contributed by atoms with Crippen molar-refractivity contribution in [3.05, 3.63) is 249 Å².